The number of hydrogen-bond acceptors (Lipinski definition) is 5. The Hall–Kier alpha value is -0.620. The zero-order chi connectivity index (χ0) is 17.5. The number of aryl methyl sites for hydroxylation is 1. The number of nitrogens with one attached hydrogen (secondary N) is 1. The SMILES string of the molecule is CCCCCCCCCCCCSCC(=O)Nc1nnc(CC)s1. The molecule has 24 heavy (non-hydrogen) atoms. The minimum absolute atomic E-state index is 0.0332. The molecule has 0 bridgehead atoms. The lowest BCUT2D eigenvalue weighted by molar-refractivity contribution is -0.113. The second kappa shape index (κ2) is 14.7. The summed E-state index contributed by atoms with van der Waals surface area (Å²) in [7, 11) is 0. The summed E-state index contributed by atoms with van der Waals surface area (Å²) in [6.07, 6.45) is 14.4. The van der Waals surface area contributed by atoms with E-state index in [0.717, 1.165) is 17.2 Å². The van der Waals surface area contributed by atoms with E-state index < -0.39 is 0 Å². The highest BCUT2D eigenvalue weighted by Gasteiger charge is 2.07. The smallest absolute Gasteiger partial charge is 0.236 e. The topological polar surface area (TPSA) is 54.9 Å². The predicted molar refractivity (Wildman–Crippen MR) is 107 cm³/mol. The lowest BCUT2D eigenvalue weighted by atomic mass is 10.1. The third-order valence-corrected chi connectivity index (χ3v) is 5.92. The van der Waals surface area contributed by atoms with Crippen molar-refractivity contribution in [2.75, 3.05) is 16.8 Å². The van der Waals surface area contributed by atoms with Gasteiger partial charge in [-0.2, -0.15) is 11.8 Å². The first-order valence-corrected chi connectivity index (χ1v) is 11.4. The average Bonchev–Trinajstić information content (AvgIpc) is 3.03. The molecule has 0 fully saturated rings. The Morgan fingerprint density at radius 3 is 2.17 bits per heavy atom. The van der Waals surface area contributed by atoms with E-state index >= 15 is 0 Å². The van der Waals surface area contributed by atoms with Gasteiger partial charge in [0.1, 0.15) is 5.01 Å². The summed E-state index contributed by atoms with van der Waals surface area (Å²) in [6, 6.07) is 0. The van der Waals surface area contributed by atoms with Crippen molar-refractivity contribution in [1.82, 2.24) is 10.2 Å². The van der Waals surface area contributed by atoms with E-state index in [9.17, 15) is 4.79 Å². The molecule has 1 rings (SSSR count). The maximum absolute atomic E-state index is 11.8. The highest BCUT2D eigenvalue weighted by Crippen LogP contribution is 2.16. The van der Waals surface area contributed by atoms with Gasteiger partial charge in [-0.3, -0.25) is 10.1 Å². The lowest BCUT2D eigenvalue weighted by Gasteiger charge is -2.03. The zero-order valence-corrected chi connectivity index (χ0v) is 16.9. The molecule has 0 aliphatic rings. The Morgan fingerprint density at radius 2 is 1.58 bits per heavy atom. The number of amides is 1. The molecule has 6 heteroatoms. The first-order chi connectivity index (χ1) is 11.8. The number of unbranched alkanes of at least 4 members (excludes halogenated alkanes) is 9. The molecule has 0 saturated carbocycles. The number of thioether (sulfide) groups is 1. The maximum atomic E-state index is 11.8. The molecule has 0 radical (unpaired) electrons. The van der Waals surface area contributed by atoms with Gasteiger partial charge < -0.3 is 0 Å². The van der Waals surface area contributed by atoms with Crippen LogP contribution in [0.15, 0.2) is 0 Å². The molecule has 0 atom stereocenters. The summed E-state index contributed by atoms with van der Waals surface area (Å²) >= 11 is 3.17. The summed E-state index contributed by atoms with van der Waals surface area (Å²) in [4.78, 5) is 11.8. The van der Waals surface area contributed by atoms with Crippen LogP contribution in [0.2, 0.25) is 0 Å². The van der Waals surface area contributed by atoms with Crippen molar-refractivity contribution in [2.24, 2.45) is 0 Å². The molecule has 1 aromatic heterocycles. The monoisotopic (exact) mass is 371 g/mol. The van der Waals surface area contributed by atoms with Crippen LogP contribution in [0.4, 0.5) is 5.13 Å². The van der Waals surface area contributed by atoms with Gasteiger partial charge in [0, 0.05) is 0 Å². The van der Waals surface area contributed by atoms with Crippen LogP contribution in [0.1, 0.15) is 83.1 Å². The van der Waals surface area contributed by atoms with Gasteiger partial charge in [-0.15, -0.1) is 10.2 Å². The molecule has 0 unspecified atom stereocenters. The average molecular weight is 372 g/mol. The molecule has 0 saturated heterocycles. The van der Waals surface area contributed by atoms with E-state index in [1.54, 1.807) is 11.8 Å². The third-order valence-electron chi connectivity index (χ3n) is 3.89. The second-order valence-electron chi connectivity index (χ2n) is 6.14. The van der Waals surface area contributed by atoms with Gasteiger partial charge in [0.15, 0.2) is 0 Å². The van der Waals surface area contributed by atoms with Crippen LogP contribution >= 0.6 is 23.1 Å². The Morgan fingerprint density at radius 1 is 0.958 bits per heavy atom. The van der Waals surface area contributed by atoms with Gasteiger partial charge in [0.2, 0.25) is 11.0 Å². The third kappa shape index (κ3) is 11.0. The molecule has 0 aromatic carbocycles. The first kappa shape index (κ1) is 21.4. The summed E-state index contributed by atoms with van der Waals surface area (Å²) in [5.41, 5.74) is 0. The number of nitrogens with zero attached hydrogens (tertiary/aromatic N) is 2. The standard InChI is InChI=1S/C18H33N3OS2/c1-3-5-6-7-8-9-10-11-12-13-14-23-15-16(22)19-18-21-20-17(4-2)24-18/h3-15H2,1-2H3,(H,19,21,22). The minimum Gasteiger partial charge on any atom is -0.300 e. The molecule has 1 N–H and O–H groups in total. The fourth-order valence-electron chi connectivity index (χ4n) is 2.46. The summed E-state index contributed by atoms with van der Waals surface area (Å²) in [6.45, 7) is 4.30. The van der Waals surface area contributed by atoms with Crippen molar-refractivity contribution in [2.45, 2.75) is 84.5 Å². The summed E-state index contributed by atoms with van der Waals surface area (Å²) in [5, 5.41) is 12.4. The van der Waals surface area contributed by atoms with Crippen LogP contribution in [0.5, 0.6) is 0 Å². The Labute approximate surface area is 155 Å². The molecule has 4 nitrogen and oxygen atoms in total. The van der Waals surface area contributed by atoms with Crippen molar-refractivity contribution in [3.05, 3.63) is 5.01 Å². The number of rotatable bonds is 15. The summed E-state index contributed by atoms with van der Waals surface area (Å²) in [5.74, 6) is 1.62. The zero-order valence-electron chi connectivity index (χ0n) is 15.3. The van der Waals surface area contributed by atoms with Crippen LogP contribution < -0.4 is 5.32 Å². The van der Waals surface area contributed by atoms with E-state index in [1.807, 2.05) is 6.92 Å². The van der Waals surface area contributed by atoms with Gasteiger partial charge >= 0.3 is 0 Å². The fourth-order valence-corrected chi connectivity index (χ4v) is 3.96. The number of hydrogen-bond donors (Lipinski definition) is 1. The Balaban J connectivity index is 1.86. The quantitative estimate of drug-likeness (QED) is 0.402. The van der Waals surface area contributed by atoms with Crippen LogP contribution in [-0.2, 0) is 11.2 Å². The van der Waals surface area contributed by atoms with E-state index in [1.165, 1.54) is 75.5 Å². The van der Waals surface area contributed by atoms with Gasteiger partial charge in [-0.25, -0.2) is 0 Å². The molecule has 1 heterocycles. The molecule has 1 amide bonds. The van der Waals surface area contributed by atoms with Crippen LogP contribution in [-0.4, -0.2) is 27.6 Å². The van der Waals surface area contributed by atoms with Gasteiger partial charge in [0.05, 0.1) is 5.75 Å². The normalized spacial score (nSPS) is 10.9. The van der Waals surface area contributed by atoms with Gasteiger partial charge in [-0.05, 0) is 18.6 Å². The second-order valence-corrected chi connectivity index (χ2v) is 8.30. The maximum Gasteiger partial charge on any atom is 0.236 e. The first-order valence-electron chi connectivity index (χ1n) is 9.46. The largest absolute Gasteiger partial charge is 0.300 e. The molecular weight excluding hydrogens is 338 g/mol. The number of anilines is 1. The Bertz CT molecular complexity index is 438. The van der Waals surface area contributed by atoms with Gasteiger partial charge in [-0.1, -0.05) is 83.0 Å². The molecular formula is C18H33N3OS2. The predicted octanol–water partition coefficient (Wildman–Crippen LogP) is 5.69. The molecule has 1 aromatic rings. The van der Waals surface area contributed by atoms with Crippen LogP contribution in [0, 0.1) is 0 Å². The van der Waals surface area contributed by atoms with Crippen LogP contribution in [0.25, 0.3) is 0 Å². The van der Waals surface area contributed by atoms with E-state index in [0.29, 0.717) is 10.9 Å². The summed E-state index contributed by atoms with van der Waals surface area (Å²) < 4.78 is 0. The molecule has 138 valence electrons. The van der Waals surface area contributed by atoms with Crippen molar-refractivity contribution in [3.8, 4) is 0 Å². The van der Waals surface area contributed by atoms with Crippen molar-refractivity contribution in [1.29, 1.82) is 0 Å². The van der Waals surface area contributed by atoms with E-state index in [4.69, 9.17) is 0 Å². The molecule has 0 aliphatic carbocycles. The van der Waals surface area contributed by atoms with Crippen LogP contribution in [0.3, 0.4) is 0 Å². The number of carbonyl (C=O) groups excluding carboxylic acids is 1. The molecule has 0 spiro atoms. The van der Waals surface area contributed by atoms with Crippen molar-refractivity contribution < 1.29 is 4.79 Å². The lowest BCUT2D eigenvalue weighted by Crippen LogP contribution is -2.14. The van der Waals surface area contributed by atoms with E-state index in [2.05, 4.69) is 22.4 Å². The Kier molecular flexibility index (Phi) is 13.1. The van der Waals surface area contributed by atoms with Gasteiger partial charge in [0.25, 0.3) is 0 Å². The number of carbonyl (C=O) groups is 1. The van der Waals surface area contributed by atoms with E-state index in [-0.39, 0.29) is 5.91 Å². The molecule has 0 aliphatic heterocycles. The van der Waals surface area contributed by atoms with Crippen molar-refractivity contribution in [3.63, 3.8) is 0 Å². The fraction of sp³-hybridized carbons (Fsp3) is 0.833. The minimum atomic E-state index is 0.0332. The highest BCUT2D eigenvalue weighted by molar-refractivity contribution is 7.99. The number of aromatic nitrogens is 2. The van der Waals surface area contributed by atoms with Crippen molar-refractivity contribution >= 4 is 34.1 Å². The highest BCUT2D eigenvalue weighted by atomic mass is 32.2.